The van der Waals surface area contributed by atoms with E-state index in [1.165, 1.54) is 24.3 Å². The quantitative estimate of drug-likeness (QED) is 0.422. The third kappa shape index (κ3) is 4.42. The number of isothiocyanates is 1. The van der Waals surface area contributed by atoms with Crippen molar-refractivity contribution in [3.8, 4) is 11.8 Å². The first-order chi connectivity index (χ1) is 10.6. The molecule has 0 fully saturated rings. The van der Waals surface area contributed by atoms with Crippen molar-refractivity contribution in [1.82, 2.24) is 0 Å². The van der Waals surface area contributed by atoms with Crippen molar-refractivity contribution in [1.29, 1.82) is 0 Å². The van der Waals surface area contributed by atoms with Crippen LogP contribution in [0.25, 0.3) is 6.08 Å². The highest BCUT2D eigenvalue weighted by Crippen LogP contribution is 2.18. The van der Waals surface area contributed by atoms with E-state index in [-0.39, 0.29) is 5.69 Å². The Morgan fingerprint density at radius 3 is 2.23 bits per heavy atom. The molecular formula is C17H8F3NS. The SMILES string of the molecule is FC(F)=Cc1ccc(C#Cc2ccc(N=C=S)c(F)c2)cc1. The number of hydrogen-bond acceptors (Lipinski definition) is 2. The zero-order chi connectivity index (χ0) is 15.9. The van der Waals surface area contributed by atoms with Gasteiger partial charge in [-0.3, -0.25) is 0 Å². The molecule has 0 bridgehead atoms. The maximum absolute atomic E-state index is 13.6. The maximum Gasteiger partial charge on any atom is 0.270 e. The summed E-state index contributed by atoms with van der Waals surface area (Å²) in [6, 6.07) is 10.6. The molecule has 0 unspecified atom stereocenters. The zero-order valence-corrected chi connectivity index (χ0v) is 11.9. The highest BCUT2D eigenvalue weighted by atomic mass is 32.1. The van der Waals surface area contributed by atoms with Gasteiger partial charge in [0, 0.05) is 17.2 Å². The van der Waals surface area contributed by atoms with Crippen LogP contribution in [-0.4, -0.2) is 5.16 Å². The van der Waals surface area contributed by atoms with Gasteiger partial charge in [0.2, 0.25) is 0 Å². The molecule has 2 aromatic carbocycles. The lowest BCUT2D eigenvalue weighted by Gasteiger charge is -1.96. The average Bonchev–Trinajstić information content (AvgIpc) is 2.49. The monoisotopic (exact) mass is 315 g/mol. The smallest absolute Gasteiger partial charge is 0.205 e. The Balaban J connectivity index is 2.21. The molecule has 0 spiro atoms. The topological polar surface area (TPSA) is 12.4 Å². The first kappa shape index (κ1) is 15.7. The molecule has 22 heavy (non-hydrogen) atoms. The minimum Gasteiger partial charge on any atom is -0.205 e. The van der Waals surface area contributed by atoms with Crippen molar-refractivity contribution >= 4 is 29.1 Å². The molecule has 0 saturated heterocycles. The lowest BCUT2D eigenvalue weighted by Crippen LogP contribution is -1.81. The van der Waals surface area contributed by atoms with E-state index in [0.29, 0.717) is 16.7 Å². The van der Waals surface area contributed by atoms with Crippen LogP contribution < -0.4 is 0 Å². The summed E-state index contributed by atoms with van der Waals surface area (Å²) in [7, 11) is 0. The van der Waals surface area contributed by atoms with Crippen LogP contribution in [0.1, 0.15) is 16.7 Å². The van der Waals surface area contributed by atoms with Crippen molar-refractivity contribution in [3.05, 3.63) is 71.1 Å². The van der Waals surface area contributed by atoms with Crippen LogP contribution in [0.2, 0.25) is 0 Å². The predicted molar refractivity (Wildman–Crippen MR) is 83.7 cm³/mol. The number of nitrogens with zero attached hydrogens (tertiary/aromatic N) is 1. The fraction of sp³-hybridized carbons (Fsp3) is 0. The summed E-state index contributed by atoms with van der Waals surface area (Å²) in [5.41, 5.74) is 1.60. The van der Waals surface area contributed by atoms with Crippen LogP contribution in [0, 0.1) is 17.7 Å². The van der Waals surface area contributed by atoms with E-state index in [1.54, 1.807) is 18.2 Å². The van der Waals surface area contributed by atoms with E-state index < -0.39 is 11.9 Å². The molecule has 0 atom stereocenters. The molecular weight excluding hydrogens is 307 g/mol. The minimum atomic E-state index is -1.76. The highest BCUT2D eigenvalue weighted by molar-refractivity contribution is 7.78. The second-order valence-electron chi connectivity index (χ2n) is 4.18. The summed E-state index contributed by atoms with van der Waals surface area (Å²) in [4.78, 5) is 3.57. The molecule has 108 valence electrons. The first-order valence-electron chi connectivity index (χ1n) is 6.11. The molecule has 0 aliphatic rings. The molecule has 5 heteroatoms. The van der Waals surface area contributed by atoms with Gasteiger partial charge in [0.1, 0.15) is 5.69 Å². The molecule has 0 radical (unpaired) electrons. The van der Waals surface area contributed by atoms with E-state index in [4.69, 9.17) is 0 Å². The molecule has 0 N–H and O–H groups in total. The second-order valence-corrected chi connectivity index (χ2v) is 4.36. The van der Waals surface area contributed by atoms with Crippen molar-refractivity contribution < 1.29 is 13.2 Å². The van der Waals surface area contributed by atoms with Crippen molar-refractivity contribution in [2.24, 2.45) is 4.99 Å². The van der Waals surface area contributed by atoms with E-state index in [0.717, 1.165) is 6.08 Å². The van der Waals surface area contributed by atoms with Crippen molar-refractivity contribution in [2.45, 2.75) is 0 Å². The normalized spacial score (nSPS) is 9.23. The summed E-state index contributed by atoms with van der Waals surface area (Å²) in [5.74, 6) is 5.08. The molecule has 0 aliphatic heterocycles. The van der Waals surface area contributed by atoms with Crippen LogP contribution in [0.4, 0.5) is 18.9 Å². The van der Waals surface area contributed by atoms with E-state index in [1.807, 2.05) is 0 Å². The summed E-state index contributed by atoms with van der Waals surface area (Å²) in [6.07, 6.45) is -0.990. The van der Waals surface area contributed by atoms with E-state index >= 15 is 0 Å². The van der Waals surface area contributed by atoms with Crippen LogP contribution in [0.5, 0.6) is 0 Å². The van der Waals surface area contributed by atoms with Gasteiger partial charge in [-0.25, -0.2) is 4.39 Å². The standard InChI is InChI=1S/C17H8F3NS/c18-15-9-13(7-8-16(15)21-11-22)4-1-12-2-5-14(6-3-12)10-17(19)20/h2-3,5-10H. The van der Waals surface area contributed by atoms with Gasteiger partial charge < -0.3 is 0 Å². The van der Waals surface area contributed by atoms with Gasteiger partial charge in [-0.15, -0.1) is 0 Å². The summed E-state index contributed by atoms with van der Waals surface area (Å²) >= 11 is 4.42. The molecule has 0 amide bonds. The minimum absolute atomic E-state index is 0.102. The Kier molecular flexibility index (Phi) is 5.26. The largest absolute Gasteiger partial charge is 0.270 e. The Hall–Kier alpha value is -2.67. The number of rotatable bonds is 2. The van der Waals surface area contributed by atoms with Gasteiger partial charge >= 0.3 is 0 Å². The Labute approximate surface area is 130 Å². The van der Waals surface area contributed by atoms with Gasteiger partial charge in [-0.1, -0.05) is 24.0 Å². The van der Waals surface area contributed by atoms with E-state index in [2.05, 4.69) is 34.2 Å². The average molecular weight is 315 g/mol. The van der Waals surface area contributed by atoms with Gasteiger partial charge in [0.15, 0.2) is 5.82 Å². The Morgan fingerprint density at radius 2 is 1.64 bits per heavy atom. The zero-order valence-electron chi connectivity index (χ0n) is 11.1. The number of thiocarbonyl (C=S) groups is 1. The van der Waals surface area contributed by atoms with Crippen LogP contribution >= 0.6 is 12.2 Å². The summed E-state index contributed by atoms with van der Waals surface area (Å²) < 4.78 is 37.8. The number of benzene rings is 2. The molecule has 0 aromatic heterocycles. The van der Waals surface area contributed by atoms with Crippen molar-refractivity contribution in [3.63, 3.8) is 0 Å². The van der Waals surface area contributed by atoms with E-state index in [9.17, 15) is 13.2 Å². The van der Waals surface area contributed by atoms with Gasteiger partial charge in [0.25, 0.3) is 6.08 Å². The van der Waals surface area contributed by atoms with Crippen LogP contribution in [-0.2, 0) is 0 Å². The van der Waals surface area contributed by atoms with Crippen molar-refractivity contribution in [2.75, 3.05) is 0 Å². The number of aliphatic imine (C=N–C) groups is 1. The van der Waals surface area contributed by atoms with Gasteiger partial charge in [-0.05, 0) is 48.1 Å². The Bertz CT molecular complexity index is 819. The fourth-order valence-electron chi connectivity index (χ4n) is 1.66. The van der Waals surface area contributed by atoms with Gasteiger partial charge in [-0.2, -0.15) is 13.8 Å². The number of halogens is 3. The molecule has 2 rings (SSSR count). The summed E-state index contributed by atoms with van der Waals surface area (Å²) in [5, 5.41) is 2.10. The number of hydrogen-bond donors (Lipinski definition) is 0. The fourth-order valence-corrected chi connectivity index (χ4v) is 1.76. The predicted octanol–water partition coefficient (Wildman–Crippen LogP) is 5.20. The molecule has 2 aromatic rings. The highest BCUT2D eigenvalue weighted by Gasteiger charge is 2.00. The molecule has 0 heterocycles. The maximum atomic E-state index is 13.6. The molecule has 0 saturated carbocycles. The van der Waals surface area contributed by atoms with Gasteiger partial charge in [0.05, 0.1) is 5.16 Å². The van der Waals surface area contributed by atoms with Crippen LogP contribution in [0.15, 0.2) is 53.5 Å². The van der Waals surface area contributed by atoms with Crippen LogP contribution in [0.3, 0.4) is 0 Å². The third-order valence-corrected chi connectivity index (χ3v) is 2.74. The lowest BCUT2D eigenvalue weighted by atomic mass is 10.1. The second kappa shape index (κ2) is 7.37. The molecule has 1 nitrogen and oxygen atoms in total. The molecule has 0 aliphatic carbocycles. The Morgan fingerprint density at radius 1 is 1.00 bits per heavy atom. The summed E-state index contributed by atoms with van der Waals surface area (Å²) in [6.45, 7) is 0. The lowest BCUT2D eigenvalue weighted by molar-refractivity contribution is 0.429. The first-order valence-corrected chi connectivity index (χ1v) is 6.51. The third-order valence-electron chi connectivity index (χ3n) is 2.65.